The number of Topliss-reactive ketones (excluding diaryl/α,β-unsaturated/α-hetero) is 1. The molecular weight excluding hydrogens is 338 g/mol. The molecule has 0 aliphatic heterocycles. The molecule has 0 saturated heterocycles. The van der Waals surface area contributed by atoms with Crippen molar-refractivity contribution in [3.05, 3.63) is 63.6 Å². The summed E-state index contributed by atoms with van der Waals surface area (Å²) in [6, 6.07) is 9.63. The number of benzene rings is 2. The van der Waals surface area contributed by atoms with Crippen LogP contribution in [0.4, 0.5) is 18.9 Å². The Balaban J connectivity index is 2.08. The number of rotatable bonds is 4. The molecule has 2 rings (SSSR count). The van der Waals surface area contributed by atoms with Crippen molar-refractivity contribution in [3.63, 3.8) is 0 Å². The number of anilines is 1. The molecule has 22 heavy (non-hydrogen) atoms. The molecule has 116 valence electrons. The molecular formula is C15H10Cl2F3NO. The smallest absolute Gasteiger partial charge is 0.378 e. The molecule has 0 aliphatic carbocycles. The van der Waals surface area contributed by atoms with Crippen LogP contribution in [0.5, 0.6) is 0 Å². The number of ketones is 1. The highest BCUT2D eigenvalue weighted by Crippen LogP contribution is 2.36. The van der Waals surface area contributed by atoms with E-state index in [1.807, 2.05) is 0 Å². The summed E-state index contributed by atoms with van der Waals surface area (Å²) in [5.41, 5.74) is -0.362. The number of alkyl halides is 3. The summed E-state index contributed by atoms with van der Waals surface area (Å²) >= 11 is 11.2. The third-order valence-corrected chi connectivity index (χ3v) is 3.47. The van der Waals surface area contributed by atoms with E-state index in [0.717, 1.165) is 12.1 Å². The van der Waals surface area contributed by atoms with Gasteiger partial charge in [-0.15, -0.1) is 0 Å². The first kappa shape index (κ1) is 16.6. The van der Waals surface area contributed by atoms with Gasteiger partial charge < -0.3 is 5.32 Å². The van der Waals surface area contributed by atoms with Crippen molar-refractivity contribution in [3.8, 4) is 0 Å². The zero-order valence-corrected chi connectivity index (χ0v) is 12.6. The lowest BCUT2D eigenvalue weighted by Gasteiger charge is -2.12. The van der Waals surface area contributed by atoms with Crippen molar-refractivity contribution < 1.29 is 18.0 Å². The first-order chi connectivity index (χ1) is 10.3. The van der Waals surface area contributed by atoms with Crippen LogP contribution in [-0.4, -0.2) is 12.3 Å². The molecule has 0 fully saturated rings. The molecule has 0 aromatic heterocycles. The summed E-state index contributed by atoms with van der Waals surface area (Å²) in [6.07, 6.45) is -4.55. The molecule has 0 atom stereocenters. The van der Waals surface area contributed by atoms with E-state index in [2.05, 4.69) is 5.32 Å². The van der Waals surface area contributed by atoms with Gasteiger partial charge in [0.1, 0.15) is 0 Å². The minimum absolute atomic E-state index is 0.138. The number of nitrogens with one attached hydrogen (secondary N) is 1. The van der Waals surface area contributed by atoms with Crippen molar-refractivity contribution >= 4 is 34.7 Å². The maximum absolute atomic E-state index is 12.7. The normalized spacial score (nSPS) is 11.3. The van der Waals surface area contributed by atoms with Gasteiger partial charge in [0.15, 0.2) is 5.78 Å². The van der Waals surface area contributed by atoms with Crippen LogP contribution in [0.15, 0.2) is 42.5 Å². The fourth-order valence-electron chi connectivity index (χ4n) is 1.77. The predicted molar refractivity (Wildman–Crippen MR) is 80.7 cm³/mol. The van der Waals surface area contributed by atoms with Gasteiger partial charge in [0, 0.05) is 16.3 Å². The van der Waals surface area contributed by atoms with Gasteiger partial charge in [0.25, 0.3) is 0 Å². The van der Waals surface area contributed by atoms with Crippen molar-refractivity contribution in [2.45, 2.75) is 6.18 Å². The highest BCUT2D eigenvalue weighted by molar-refractivity contribution is 6.31. The molecule has 1 N–H and O–H groups in total. The van der Waals surface area contributed by atoms with E-state index in [0.29, 0.717) is 10.6 Å². The quantitative estimate of drug-likeness (QED) is 0.759. The van der Waals surface area contributed by atoms with E-state index in [4.69, 9.17) is 23.2 Å². The Bertz CT molecular complexity index is 684. The maximum atomic E-state index is 12.7. The highest BCUT2D eigenvalue weighted by atomic mass is 35.5. The second-order valence-electron chi connectivity index (χ2n) is 4.48. The van der Waals surface area contributed by atoms with E-state index in [-0.39, 0.29) is 23.0 Å². The van der Waals surface area contributed by atoms with E-state index in [1.165, 1.54) is 6.07 Å². The Labute approximate surface area is 134 Å². The third kappa shape index (κ3) is 4.15. The second-order valence-corrected chi connectivity index (χ2v) is 5.32. The van der Waals surface area contributed by atoms with Crippen LogP contribution in [0, 0.1) is 0 Å². The Morgan fingerprint density at radius 1 is 1.05 bits per heavy atom. The molecule has 0 unspecified atom stereocenters. The number of hydrogen-bond acceptors (Lipinski definition) is 2. The topological polar surface area (TPSA) is 29.1 Å². The van der Waals surface area contributed by atoms with Crippen LogP contribution < -0.4 is 5.32 Å². The van der Waals surface area contributed by atoms with Gasteiger partial charge in [-0.2, -0.15) is 13.2 Å². The van der Waals surface area contributed by atoms with Gasteiger partial charge in [-0.3, -0.25) is 4.79 Å². The molecule has 0 bridgehead atoms. The lowest BCUT2D eigenvalue weighted by atomic mass is 10.1. The second kappa shape index (κ2) is 6.58. The Kier molecular flexibility index (Phi) is 4.98. The van der Waals surface area contributed by atoms with Gasteiger partial charge >= 0.3 is 6.18 Å². The number of carbonyl (C=O) groups is 1. The molecule has 0 aliphatic rings. The molecule has 0 heterocycles. The van der Waals surface area contributed by atoms with Gasteiger partial charge in [-0.25, -0.2) is 0 Å². The van der Waals surface area contributed by atoms with Crippen LogP contribution in [0.1, 0.15) is 15.9 Å². The minimum atomic E-state index is -4.55. The van der Waals surface area contributed by atoms with Gasteiger partial charge in [0.2, 0.25) is 0 Å². The average Bonchev–Trinajstić information content (AvgIpc) is 2.45. The van der Waals surface area contributed by atoms with Crippen LogP contribution in [0.25, 0.3) is 0 Å². The van der Waals surface area contributed by atoms with E-state index >= 15 is 0 Å². The number of carbonyl (C=O) groups excluding carboxylic acids is 1. The first-order valence-corrected chi connectivity index (χ1v) is 6.92. The summed E-state index contributed by atoms with van der Waals surface area (Å²) < 4.78 is 38.2. The van der Waals surface area contributed by atoms with Gasteiger partial charge in [0.05, 0.1) is 17.1 Å². The predicted octanol–water partition coefficient (Wildman–Crippen LogP) is 5.31. The number of halogens is 5. The summed E-state index contributed by atoms with van der Waals surface area (Å²) in [4.78, 5) is 11.9. The van der Waals surface area contributed by atoms with E-state index in [9.17, 15) is 18.0 Å². The Morgan fingerprint density at radius 3 is 2.27 bits per heavy atom. The zero-order chi connectivity index (χ0) is 16.3. The summed E-state index contributed by atoms with van der Waals surface area (Å²) in [5.74, 6) is -0.264. The molecule has 0 amide bonds. The zero-order valence-electron chi connectivity index (χ0n) is 11.0. The van der Waals surface area contributed by atoms with Gasteiger partial charge in [-0.1, -0.05) is 23.2 Å². The molecule has 0 spiro atoms. The average molecular weight is 348 g/mol. The maximum Gasteiger partial charge on any atom is 0.417 e. The highest BCUT2D eigenvalue weighted by Gasteiger charge is 2.33. The Hall–Kier alpha value is -1.72. The summed E-state index contributed by atoms with van der Waals surface area (Å²) in [5, 5.41) is 2.77. The molecule has 0 saturated carbocycles. The monoisotopic (exact) mass is 347 g/mol. The van der Waals surface area contributed by atoms with E-state index in [1.54, 1.807) is 24.3 Å². The molecule has 2 nitrogen and oxygen atoms in total. The van der Waals surface area contributed by atoms with E-state index < -0.39 is 11.7 Å². The van der Waals surface area contributed by atoms with Crippen molar-refractivity contribution in [2.24, 2.45) is 0 Å². The standard InChI is InChI=1S/C15H10Cl2F3NO/c16-10-3-1-9(2-4-10)14(22)8-21-11-5-6-13(17)12(7-11)15(18,19)20/h1-7,21H,8H2. The summed E-state index contributed by atoms with van der Waals surface area (Å²) in [7, 11) is 0. The molecule has 7 heteroatoms. The van der Waals surface area contributed by atoms with Gasteiger partial charge in [-0.05, 0) is 42.5 Å². The van der Waals surface area contributed by atoms with Crippen molar-refractivity contribution in [2.75, 3.05) is 11.9 Å². The fourth-order valence-corrected chi connectivity index (χ4v) is 2.12. The lowest BCUT2D eigenvalue weighted by molar-refractivity contribution is -0.137. The Morgan fingerprint density at radius 2 is 1.68 bits per heavy atom. The van der Waals surface area contributed by atoms with Crippen LogP contribution in [0.3, 0.4) is 0 Å². The fraction of sp³-hybridized carbons (Fsp3) is 0.133. The molecule has 2 aromatic carbocycles. The van der Waals surface area contributed by atoms with Crippen LogP contribution in [-0.2, 0) is 6.18 Å². The SMILES string of the molecule is O=C(CNc1ccc(Cl)c(C(F)(F)F)c1)c1ccc(Cl)cc1. The van der Waals surface area contributed by atoms with Crippen molar-refractivity contribution in [1.82, 2.24) is 0 Å². The minimum Gasteiger partial charge on any atom is -0.378 e. The number of hydrogen-bond donors (Lipinski definition) is 1. The molecule has 2 aromatic rings. The summed E-state index contributed by atoms with van der Waals surface area (Å²) in [6.45, 7) is -0.138. The van der Waals surface area contributed by atoms with Crippen molar-refractivity contribution in [1.29, 1.82) is 0 Å². The van der Waals surface area contributed by atoms with Crippen LogP contribution >= 0.6 is 23.2 Å². The largest absolute Gasteiger partial charge is 0.417 e. The first-order valence-electron chi connectivity index (χ1n) is 6.17. The lowest BCUT2D eigenvalue weighted by Crippen LogP contribution is -2.14. The third-order valence-electron chi connectivity index (χ3n) is 2.89. The van der Waals surface area contributed by atoms with Crippen LogP contribution in [0.2, 0.25) is 10.0 Å². The molecule has 0 radical (unpaired) electrons.